The number of halogens is 1. The van der Waals surface area contributed by atoms with Crippen molar-refractivity contribution < 1.29 is 19.1 Å². The Morgan fingerprint density at radius 1 is 0.842 bits per heavy atom. The average Bonchev–Trinajstić information content (AvgIpc) is 2.92. The molecule has 0 bridgehead atoms. The molecular formula is C31H28ClNO4S. The lowest BCUT2D eigenvalue weighted by Crippen LogP contribution is -2.13. The molecule has 7 heteroatoms. The van der Waals surface area contributed by atoms with Crippen molar-refractivity contribution in [3.05, 3.63) is 119 Å². The minimum Gasteiger partial charge on any atom is -0.489 e. The van der Waals surface area contributed by atoms with E-state index in [4.69, 9.17) is 21.1 Å². The zero-order chi connectivity index (χ0) is 26.7. The number of benzene rings is 4. The number of hydrogen-bond donors (Lipinski definition) is 1. The van der Waals surface area contributed by atoms with E-state index in [1.165, 1.54) is 7.11 Å². The van der Waals surface area contributed by atoms with Gasteiger partial charge < -0.3 is 14.8 Å². The Hall–Kier alpha value is -3.74. The van der Waals surface area contributed by atoms with Gasteiger partial charge in [-0.1, -0.05) is 78.0 Å². The molecule has 4 aromatic rings. The molecular weight excluding hydrogens is 518 g/mol. The summed E-state index contributed by atoms with van der Waals surface area (Å²) in [5.74, 6) is 0.360. The molecule has 0 heterocycles. The molecule has 0 saturated carbocycles. The van der Waals surface area contributed by atoms with Gasteiger partial charge in [0.15, 0.2) is 0 Å². The van der Waals surface area contributed by atoms with Crippen LogP contribution in [0, 0.1) is 0 Å². The van der Waals surface area contributed by atoms with Crippen LogP contribution in [0.1, 0.15) is 23.1 Å². The van der Waals surface area contributed by atoms with Crippen LogP contribution in [0.4, 0.5) is 5.69 Å². The first kappa shape index (κ1) is 27.3. The molecule has 0 atom stereocenters. The van der Waals surface area contributed by atoms with Crippen LogP contribution in [0.15, 0.2) is 107 Å². The summed E-state index contributed by atoms with van der Waals surface area (Å²) in [4.78, 5) is 26.1. The fourth-order valence-electron chi connectivity index (χ4n) is 3.77. The first-order chi connectivity index (χ1) is 18.5. The van der Waals surface area contributed by atoms with Crippen LogP contribution in [0.5, 0.6) is 5.75 Å². The number of esters is 1. The number of carbonyl (C=O) groups is 2. The van der Waals surface area contributed by atoms with Gasteiger partial charge >= 0.3 is 5.97 Å². The highest BCUT2D eigenvalue weighted by Gasteiger charge is 2.09. The monoisotopic (exact) mass is 545 g/mol. The van der Waals surface area contributed by atoms with Crippen LogP contribution < -0.4 is 10.1 Å². The second-order valence-electron chi connectivity index (χ2n) is 8.61. The van der Waals surface area contributed by atoms with E-state index >= 15 is 0 Å². The number of carbonyl (C=O) groups excluding carboxylic acids is 2. The molecule has 0 spiro atoms. The van der Waals surface area contributed by atoms with Crippen molar-refractivity contribution in [1.82, 2.24) is 0 Å². The molecule has 5 nitrogen and oxygen atoms in total. The Kier molecular flexibility index (Phi) is 9.84. The summed E-state index contributed by atoms with van der Waals surface area (Å²) < 4.78 is 10.6. The normalized spacial score (nSPS) is 10.6. The van der Waals surface area contributed by atoms with Gasteiger partial charge in [0.1, 0.15) is 12.4 Å². The number of ether oxygens (including phenoxy) is 2. The van der Waals surface area contributed by atoms with E-state index in [2.05, 4.69) is 5.32 Å². The summed E-state index contributed by atoms with van der Waals surface area (Å²) in [5.41, 5.74) is 3.45. The highest BCUT2D eigenvalue weighted by Crippen LogP contribution is 2.33. The van der Waals surface area contributed by atoms with Gasteiger partial charge in [-0.25, -0.2) is 0 Å². The number of amides is 1. The standard InChI is InChI=1S/C31H28ClNO4S/c1-36-31(35)18-23-9-5-10-25(17-23)33-30(34)16-14-24-13-15-28(20-29(24)32)38-27-12-6-11-26(19-27)37-21-22-7-3-2-4-8-22/h2-13,15,17,19-20H,14,16,18,21H2,1H3,(H,33,34). The zero-order valence-electron chi connectivity index (χ0n) is 21.0. The van der Waals surface area contributed by atoms with Gasteiger partial charge in [0, 0.05) is 26.9 Å². The summed E-state index contributed by atoms with van der Waals surface area (Å²) >= 11 is 8.16. The van der Waals surface area contributed by atoms with Crippen molar-refractivity contribution in [2.45, 2.75) is 35.7 Å². The maximum absolute atomic E-state index is 12.5. The van der Waals surface area contributed by atoms with Crippen molar-refractivity contribution in [1.29, 1.82) is 0 Å². The van der Waals surface area contributed by atoms with E-state index in [-0.39, 0.29) is 24.7 Å². The summed E-state index contributed by atoms with van der Waals surface area (Å²) in [5, 5.41) is 3.51. The van der Waals surface area contributed by atoms with Crippen LogP contribution in [0.25, 0.3) is 0 Å². The third-order valence-corrected chi connectivity index (χ3v) is 7.05. The molecule has 0 unspecified atom stereocenters. The van der Waals surface area contributed by atoms with E-state index < -0.39 is 0 Å². The van der Waals surface area contributed by atoms with Crippen molar-refractivity contribution in [2.75, 3.05) is 12.4 Å². The smallest absolute Gasteiger partial charge is 0.309 e. The second kappa shape index (κ2) is 13.7. The van der Waals surface area contributed by atoms with Crippen LogP contribution in [-0.2, 0) is 33.8 Å². The van der Waals surface area contributed by atoms with Crippen LogP contribution in [-0.4, -0.2) is 19.0 Å². The third-order valence-electron chi connectivity index (χ3n) is 5.72. The maximum atomic E-state index is 12.5. The highest BCUT2D eigenvalue weighted by atomic mass is 35.5. The lowest BCUT2D eigenvalue weighted by atomic mass is 10.1. The SMILES string of the molecule is COC(=O)Cc1cccc(NC(=O)CCc2ccc(Sc3cccc(OCc4ccccc4)c3)cc2Cl)c1. The largest absolute Gasteiger partial charge is 0.489 e. The maximum Gasteiger partial charge on any atom is 0.309 e. The van der Waals surface area contributed by atoms with Gasteiger partial charge in [0.2, 0.25) is 5.91 Å². The lowest BCUT2D eigenvalue weighted by Gasteiger charge is -2.10. The first-order valence-corrected chi connectivity index (χ1v) is 13.4. The molecule has 1 N–H and O–H groups in total. The number of hydrogen-bond acceptors (Lipinski definition) is 5. The fraction of sp³-hybridized carbons (Fsp3) is 0.161. The van der Waals surface area contributed by atoms with Crippen molar-refractivity contribution >= 4 is 40.9 Å². The van der Waals surface area contributed by atoms with Crippen molar-refractivity contribution in [3.8, 4) is 5.75 Å². The van der Waals surface area contributed by atoms with E-state index in [1.807, 2.05) is 78.9 Å². The molecule has 1 amide bonds. The number of aryl methyl sites for hydroxylation is 1. The van der Waals surface area contributed by atoms with Gasteiger partial charge in [-0.05, 0) is 65.6 Å². The Labute approximate surface area is 232 Å². The summed E-state index contributed by atoms with van der Waals surface area (Å²) in [6.07, 6.45) is 0.958. The molecule has 4 rings (SSSR count). The fourth-order valence-corrected chi connectivity index (χ4v) is 5.01. The Balaban J connectivity index is 1.29. The van der Waals surface area contributed by atoms with E-state index in [0.29, 0.717) is 23.7 Å². The van der Waals surface area contributed by atoms with Crippen LogP contribution in [0.3, 0.4) is 0 Å². The molecule has 0 fully saturated rings. The van der Waals surface area contributed by atoms with Crippen molar-refractivity contribution in [2.24, 2.45) is 0 Å². The minimum atomic E-state index is -0.325. The summed E-state index contributed by atoms with van der Waals surface area (Å²) in [6.45, 7) is 0.516. The molecule has 0 aliphatic heterocycles. The summed E-state index contributed by atoms with van der Waals surface area (Å²) in [6, 6.07) is 31.1. The molecule has 0 aliphatic carbocycles. The topological polar surface area (TPSA) is 64.6 Å². The molecule has 0 radical (unpaired) electrons. The highest BCUT2D eigenvalue weighted by molar-refractivity contribution is 7.99. The van der Waals surface area contributed by atoms with Gasteiger partial charge in [-0.2, -0.15) is 0 Å². The van der Waals surface area contributed by atoms with Gasteiger partial charge in [0.05, 0.1) is 13.5 Å². The molecule has 194 valence electrons. The van der Waals surface area contributed by atoms with Gasteiger partial charge in [0.25, 0.3) is 0 Å². The second-order valence-corrected chi connectivity index (χ2v) is 10.2. The minimum absolute atomic E-state index is 0.123. The Morgan fingerprint density at radius 2 is 1.61 bits per heavy atom. The van der Waals surface area contributed by atoms with Gasteiger partial charge in [-0.3, -0.25) is 9.59 Å². The molecule has 0 aromatic heterocycles. The Bertz CT molecular complexity index is 1390. The summed E-state index contributed by atoms with van der Waals surface area (Å²) in [7, 11) is 1.35. The number of rotatable bonds is 11. The quantitative estimate of drug-likeness (QED) is 0.199. The average molecular weight is 546 g/mol. The Morgan fingerprint density at radius 3 is 2.39 bits per heavy atom. The molecule has 4 aromatic carbocycles. The molecule has 0 saturated heterocycles. The van der Waals surface area contributed by atoms with E-state index in [1.54, 1.807) is 30.0 Å². The predicted molar refractivity (Wildman–Crippen MR) is 152 cm³/mol. The van der Waals surface area contributed by atoms with Crippen LogP contribution in [0.2, 0.25) is 5.02 Å². The molecule has 0 aliphatic rings. The van der Waals surface area contributed by atoms with Gasteiger partial charge in [-0.15, -0.1) is 0 Å². The predicted octanol–water partition coefficient (Wildman–Crippen LogP) is 7.36. The molecule has 38 heavy (non-hydrogen) atoms. The third kappa shape index (κ3) is 8.40. The zero-order valence-corrected chi connectivity index (χ0v) is 22.6. The number of methoxy groups -OCH3 is 1. The lowest BCUT2D eigenvalue weighted by molar-refractivity contribution is -0.139. The van der Waals surface area contributed by atoms with Crippen LogP contribution >= 0.6 is 23.4 Å². The van der Waals surface area contributed by atoms with E-state index in [9.17, 15) is 9.59 Å². The number of anilines is 1. The van der Waals surface area contributed by atoms with E-state index in [0.717, 1.165) is 32.2 Å². The van der Waals surface area contributed by atoms with Crippen molar-refractivity contribution in [3.63, 3.8) is 0 Å². The first-order valence-electron chi connectivity index (χ1n) is 12.2. The number of nitrogens with one attached hydrogen (secondary N) is 1.